The Morgan fingerprint density at radius 2 is 2.33 bits per heavy atom. The zero-order valence-electron chi connectivity index (χ0n) is 11.3. The third-order valence-electron chi connectivity index (χ3n) is 2.69. The smallest absolute Gasteiger partial charge is 0.126 e. The number of nitrogens with two attached hydrogens (primary N) is 1. The van der Waals surface area contributed by atoms with Gasteiger partial charge in [-0.15, -0.1) is 0 Å². The number of allylic oxidation sites excluding steroid dienone is 1. The highest BCUT2D eigenvalue weighted by Gasteiger charge is 1.99. The minimum atomic E-state index is 0.628. The van der Waals surface area contributed by atoms with Gasteiger partial charge in [-0.1, -0.05) is 17.7 Å². The van der Waals surface area contributed by atoms with Gasteiger partial charge in [0.1, 0.15) is 5.82 Å². The van der Waals surface area contributed by atoms with Gasteiger partial charge in [-0.25, -0.2) is 4.98 Å². The van der Waals surface area contributed by atoms with Crippen LogP contribution in [0.3, 0.4) is 0 Å². The van der Waals surface area contributed by atoms with Crippen LogP contribution in [0, 0.1) is 0 Å². The van der Waals surface area contributed by atoms with Gasteiger partial charge in [-0.2, -0.15) is 0 Å². The summed E-state index contributed by atoms with van der Waals surface area (Å²) in [5, 5.41) is 3.31. The lowest BCUT2D eigenvalue weighted by atomic mass is 10.1. The van der Waals surface area contributed by atoms with Gasteiger partial charge in [0.15, 0.2) is 0 Å². The summed E-state index contributed by atoms with van der Waals surface area (Å²) < 4.78 is 4.96. The average molecular weight is 249 g/mol. The van der Waals surface area contributed by atoms with Gasteiger partial charge in [0.25, 0.3) is 0 Å². The maximum atomic E-state index is 5.81. The zero-order valence-corrected chi connectivity index (χ0v) is 11.3. The number of aromatic nitrogens is 1. The van der Waals surface area contributed by atoms with Crippen molar-refractivity contribution in [1.82, 2.24) is 10.3 Å². The Bertz CT molecular complexity index is 377. The van der Waals surface area contributed by atoms with Crippen molar-refractivity contribution < 1.29 is 4.74 Å². The van der Waals surface area contributed by atoms with Crippen LogP contribution in [-0.2, 0) is 11.2 Å². The minimum absolute atomic E-state index is 0.628. The van der Waals surface area contributed by atoms with Crippen LogP contribution >= 0.6 is 0 Å². The summed E-state index contributed by atoms with van der Waals surface area (Å²) in [4.78, 5) is 4.09. The highest BCUT2D eigenvalue weighted by Crippen LogP contribution is 2.12. The van der Waals surface area contributed by atoms with E-state index in [2.05, 4.69) is 23.3 Å². The lowest BCUT2D eigenvalue weighted by molar-refractivity contribution is 0.199. The summed E-state index contributed by atoms with van der Waals surface area (Å²) in [6.07, 6.45) is 5.86. The molecule has 0 radical (unpaired) electrons. The summed E-state index contributed by atoms with van der Waals surface area (Å²) in [6, 6.07) is 3.95. The van der Waals surface area contributed by atoms with Crippen LogP contribution in [0.4, 0.5) is 5.82 Å². The third-order valence-corrected chi connectivity index (χ3v) is 2.69. The minimum Gasteiger partial charge on any atom is -0.383 e. The normalized spacial score (nSPS) is 11.8. The predicted octanol–water partition coefficient (Wildman–Crippen LogP) is 1.78. The van der Waals surface area contributed by atoms with Gasteiger partial charge >= 0.3 is 0 Å². The molecule has 0 aromatic carbocycles. The zero-order chi connectivity index (χ0) is 13.2. The van der Waals surface area contributed by atoms with E-state index in [1.807, 2.05) is 12.1 Å². The number of nitrogen functional groups attached to an aromatic ring is 1. The fourth-order valence-electron chi connectivity index (χ4n) is 1.69. The molecule has 0 atom stereocenters. The van der Waals surface area contributed by atoms with Crippen molar-refractivity contribution in [2.75, 3.05) is 32.5 Å². The second kappa shape index (κ2) is 8.66. The van der Waals surface area contributed by atoms with Gasteiger partial charge in [-0.3, -0.25) is 0 Å². The number of hydrogen-bond acceptors (Lipinski definition) is 4. The molecule has 18 heavy (non-hydrogen) atoms. The average Bonchev–Trinajstić information content (AvgIpc) is 2.36. The van der Waals surface area contributed by atoms with Crippen LogP contribution in [0.25, 0.3) is 0 Å². The first-order valence-corrected chi connectivity index (χ1v) is 6.28. The number of methoxy groups -OCH3 is 1. The molecule has 1 aromatic heterocycles. The first kappa shape index (κ1) is 14.7. The summed E-state index contributed by atoms with van der Waals surface area (Å²) in [7, 11) is 1.71. The molecule has 0 bridgehead atoms. The number of ether oxygens (including phenoxy) is 1. The van der Waals surface area contributed by atoms with Crippen molar-refractivity contribution in [2.24, 2.45) is 0 Å². The fourth-order valence-corrected chi connectivity index (χ4v) is 1.69. The summed E-state index contributed by atoms with van der Waals surface area (Å²) in [6.45, 7) is 4.76. The molecule has 4 heteroatoms. The Balaban J connectivity index is 2.28. The SMILES string of the molecule is COCCNCCC=C(C)Cc1cccnc1N. The maximum Gasteiger partial charge on any atom is 0.126 e. The first-order valence-electron chi connectivity index (χ1n) is 6.28. The highest BCUT2D eigenvalue weighted by atomic mass is 16.5. The van der Waals surface area contributed by atoms with Crippen molar-refractivity contribution in [3.05, 3.63) is 35.5 Å². The summed E-state index contributed by atoms with van der Waals surface area (Å²) >= 11 is 0. The molecule has 0 spiro atoms. The Morgan fingerprint density at radius 1 is 1.50 bits per heavy atom. The number of anilines is 1. The van der Waals surface area contributed by atoms with Crippen LogP contribution in [0.1, 0.15) is 18.9 Å². The third kappa shape index (κ3) is 5.80. The largest absolute Gasteiger partial charge is 0.383 e. The summed E-state index contributed by atoms with van der Waals surface area (Å²) in [5.41, 5.74) is 8.23. The van der Waals surface area contributed by atoms with E-state index < -0.39 is 0 Å². The molecule has 4 nitrogen and oxygen atoms in total. The van der Waals surface area contributed by atoms with E-state index in [1.165, 1.54) is 5.57 Å². The van der Waals surface area contributed by atoms with Gasteiger partial charge in [0.2, 0.25) is 0 Å². The molecule has 100 valence electrons. The molecular formula is C14H23N3O. The van der Waals surface area contributed by atoms with Gasteiger partial charge in [-0.05, 0) is 37.9 Å². The molecule has 1 heterocycles. The molecule has 0 unspecified atom stereocenters. The van der Waals surface area contributed by atoms with E-state index in [0.717, 1.165) is 38.1 Å². The van der Waals surface area contributed by atoms with Crippen molar-refractivity contribution in [2.45, 2.75) is 19.8 Å². The second-order valence-electron chi connectivity index (χ2n) is 4.31. The highest BCUT2D eigenvalue weighted by molar-refractivity contribution is 5.40. The predicted molar refractivity (Wildman–Crippen MR) is 75.5 cm³/mol. The molecule has 1 aromatic rings. The van der Waals surface area contributed by atoms with E-state index in [9.17, 15) is 0 Å². The second-order valence-corrected chi connectivity index (χ2v) is 4.31. The molecule has 0 saturated carbocycles. The van der Waals surface area contributed by atoms with Crippen LogP contribution in [0.5, 0.6) is 0 Å². The maximum absolute atomic E-state index is 5.81. The van der Waals surface area contributed by atoms with Crippen molar-refractivity contribution in [1.29, 1.82) is 0 Å². The van der Waals surface area contributed by atoms with Crippen LogP contribution in [0.15, 0.2) is 30.0 Å². The molecule has 0 fully saturated rings. The number of hydrogen-bond donors (Lipinski definition) is 2. The van der Waals surface area contributed by atoms with E-state index >= 15 is 0 Å². The molecule has 0 aliphatic heterocycles. The van der Waals surface area contributed by atoms with Crippen LogP contribution < -0.4 is 11.1 Å². The molecule has 1 rings (SSSR count). The number of pyridine rings is 1. The number of nitrogens with one attached hydrogen (secondary N) is 1. The van der Waals surface area contributed by atoms with Crippen molar-refractivity contribution in [3.63, 3.8) is 0 Å². The molecule has 0 aliphatic carbocycles. The summed E-state index contributed by atoms with van der Waals surface area (Å²) in [5.74, 6) is 0.628. The Morgan fingerprint density at radius 3 is 3.06 bits per heavy atom. The van der Waals surface area contributed by atoms with Gasteiger partial charge < -0.3 is 15.8 Å². The Labute approximate surface area is 109 Å². The van der Waals surface area contributed by atoms with Crippen LogP contribution in [-0.4, -0.2) is 31.8 Å². The lowest BCUT2D eigenvalue weighted by Crippen LogP contribution is -2.19. The van der Waals surface area contributed by atoms with E-state index in [1.54, 1.807) is 13.3 Å². The van der Waals surface area contributed by atoms with Crippen molar-refractivity contribution >= 4 is 5.82 Å². The van der Waals surface area contributed by atoms with Crippen LogP contribution in [0.2, 0.25) is 0 Å². The van der Waals surface area contributed by atoms with Gasteiger partial charge in [0.05, 0.1) is 6.61 Å². The van der Waals surface area contributed by atoms with E-state index in [-0.39, 0.29) is 0 Å². The van der Waals surface area contributed by atoms with E-state index in [0.29, 0.717) is 5.82 Å². The lowest BCUT2D eigenvalue weighted by Gasteiger charge is -2.05. The number of rotatable bonds is 8. The Hall–Kier alpha value is -1.39. The monoisotopic (exact) mass is 249 g/mol. The molecule has 3 N–H and O–H groups in total. The molecule has 0 saturated heterocycles. The fraction of sp³-hybridized carbons (Fsp3) is 0.500. The molecule has 0 aliphatic rings. The van der Waals surface area contributed by atoms with E-state index in [4.69, 9.17) is 10.5 Å². The number of nitrogens with zero attached hydrogens (tertiary/aromatic N) is 1. The molecular weight excluding hydrogens is 226 g/mol. The standard InChI is InChI=1S/C14H23N3O/c1-12(5-3-7-16-9-10-18-2)11-13-6-4-8-17-14(13)15/h4-6,8,16H,3,7,9-11H2,1-2H3,(H2,15,17). The van der Waals surface area contributed by atoms with Crippen molar-refractivity contribution in [3.8, 4) is 0 Å². The van der Waals surface area contributed by atoms with Gasteiger partial charge in [0, 0.05) is 19.9 Å². The quantitative estimate of drug-likeness (QED) is 0.544. The first-order chi connectivity index (χ1) is 8.74. The Kier molecular flexibility index (Phi) is 7.06. The molecule has 0 amide bonds. The topological polar surface area (TPSA) is 60.2 Å².